The van der Waals surface area contributed by atoms with Crippen LogP contribution in [0.4, 0.5) is 0 Å². The molecule has 1 heteroatoms. The summed E-state index contributed by atoms with van der Waals surface area (Å²) in [6.07, 6.45) is 3.89. The summed E-state index contributed by atoms with van der Waals surface area (Å²) in [6.45, 7) is 11.7. The van der Waals surface area contributed by atoms with Gasteiger partial charge in [0, 0.05) is 0 Å². The van der Waals surface area contributed by atoms with Gasteiger partial charge in [-0.15, -0.1) is 0 Å². The average molecular weight is 176 g/mol. The number of ketones is 1. The number of carbonyl (C=O) groups excluding carboxylic acids is 1. The molecule has 1 nitrogen and oxygen atoms in total. The minimum absolute atomic E-state index is 0. The highest BCUT2D eigenvalue weighted by atomic mass is 16.1. The molecule has 0 aliphatic heterocycles. The van der Waals surface area contributed by atoms with Gasteiger partial charge in [-0.2, -0.15) is 0 Å². The van der Waals surface area contributed by atoms with Crippen molar-refractivity contribution in [1.82, 2.24) is 0 Å². The Labute approximate surface area is 79.6 Å². The first kappa shape index (κ1) is 22.6. The van der Waals surface area contributed by atoms with E-state index in [9.17, 15) is 4.79 Å². The predicted molar refractivity (Wildman–Crippen MR) is 59.6 cm³/mol. The monoisotopic (exact) mass is 176 g/mol. The van der Waals surface area contributed by atoms with Crippen LogP contribution in [0, 0.1) is 0 Å². The summed E-state index contributed by atoms with van der Waals surface area (Å²) in [5.41, 5.74) is 0. The molecule has 0 atom stereocenters. The van der Waals surface area contributed by atoms with E-state index in [1.54, 1.807) is 0 Å². The van der Waals surface area contributed by atoms with Crippen LogP contribution in [0.2, 0.25) is 0 Å². The largest absolute Gasteiger partial charge is 0.300 e. The van der Waals surface area contributed by atoms with Gasteiger partial charge in [-0.3, -0.25) is 0 Å². The highest BCUT2D eigenvalue weighted by Crippen LogP contribution is 1.76. The lowest BCUT2D eigenvalue weighted by atomic mass is 10.4. The fourth-order valence-electron chi connectivity index (χ4n) is 0. The summed E-state index contributed by atoms with van der Waals surface area (Å²) < 4.78 is 0. The summed E-state index contributed by atoms with van der Waals surface area (Å²) in [6, 6.07) is 0. The fraction of sp³-hybridized carbons (Fsp3) is 0.909. The van der Waals surface area contributed by atoms with Crippen LogP contribution in [-0.2, 0) is 4.79 Å². The average Bonchev–Trinajstić information content (AvgIpc) is 1.88. The molecule has 78 valence electrons. The van der Waals surface area contributed by atoms with Gasteiger partial charge in [0.15, 0.2) is 0 Å². The van der Waals surface area contributed by atoms with E-state index in [-0.39, 0.29) is 13.2 Å². The van der Waals surface area contributed by atoms with Crippen LogP contribution in [-0.4, -0.2) is 5.78 Å². The number of hydrogen-bond donors (Lipinski definition) is 0. The van der Waals surface area contributed by atoms with Gasteiger partial charge in [0.1, 0.15) is 5.78 Å². The fourth-order valence-corrected chi connectivity index (χ4v) is 0. The lowest BCUT2D eigenvalue weighted by molar-refractivity contribution is -0.114. The van der Waals surface area contributed by atoms with E-state index in [0.717, 1.165) is 0 Å². The van der Waals surface area contributed by atoms with Crippen molar-refractivity contribution in [3.8, 4) is 0 Å². The molecule has 0 aliphatic carbocycles. The van der Waals surface area contributed by atoms with Gasteiger partial charge in [0.25, 0.3) is 0 Å². The first-order valence-corrected chi connectivity index (χ1v) is 4.53. The zero-order valence-electron chi connectivity index (χ0n) is 9.03. The van der Waals surface area contributed by atoms with E-state index in [1.807, 2.05) is 0 Å². The molecule has 0 fully saturated rings. The molecular weight excluding hydrogens is 148 g/mol. The molecule has 0 saturated carbocycles. The third kappa shape index (κ3) is 1620. The maximum absolute atomic E-state index is 9.44. The summed E-state index contributed by atoms with van der Waals surface area (Å²) in [5.74, 6) is 0.167. The number of hydrogen-bond acceptors (Lipinski definition) is 1. The van der Waals surface area contributed by atoms with Crippen molar-refractivity contribution in [2.24, 2.45) is 0 Å². The summed E-state index contributed by atoms with van der Waals surface area (Å²) in [7, 11) is 0. The Kier molecular flexibility index (Phi) is 58.4. The van der Waals surface area contributed by atoms with Crippen LogP contribution in [0.5, 0.6) is 0 Å². The topological polar surface area (TPSA) is 17.1 Å². The van der Waals surface area contributed by atoms with Gasteiger partial charge in [0.05, 0.1) is 0 Å². The van der Waals surface area contributed by atoms with E-state index in [0.29, 0.717) is 0 Å². The van der Waals surface area contributed by atoms with E-state index >= 15 is 0 Å². The van der Waals surface area contributed by atoms with Gasteiger partial charge in [-0.25, -0.2) is 0 Å². The number of rotatable bonds is 1. The van der Waals surface area contributed by atoms with Crippen LogP contribution < -0.4 is 0 Å². The second-order valence-electron chi connectivity index (χ2n) is 2.62. The molecule has 0 heterocycles. The minimum atomic E-state index is 0. The molecule has 0 aliphatic rings. The van der Waals surface area contributed by atoms with E-state index in [1.165, 1.54) is 33.1 Å². The molecule has 0 unspecified atom stereocenters. The van der Waals surface area contributed by atoms with E-state index in [2.05, 4.69) is 27.7 Å². The van der Waals surface area contributed by atoms with Crippen LogP contribution in [0.1, 0.15) is 68.2 Å². The lowest BCUT2D eigenvalue weighted by Gasteiger charge is -1.68. The van der Waals surface area contributed by atoms with Crippen LogP contribution in [0.25, 0.3) is 0 Å². The number of Topliss-reactive ketones (excluding diaryl/α,β-unsaturated/α-hetero) is 1. The van der Waals surface area contributed by atoms with E-state index < -0.39 is 0 Å². The molecule has 0 N–H and O–H groups in total. The van der Waals surface area contributed by atoms with Gasteiger partial charge < -0.3 is 4.79 Å². The Hall–Kier alpha value is -0.330. The normalized spacial score (nSPS) is 6.17. The summed E-state index contributed by atoms with van der Waals surface area (Å²) >= 11 is 0. The van der Waals surface area contributed by atoms with Gasteiger partial charge in [0.2, 0.25) is 0 Å². The van der Waals surface area contributed by atoms with E-state index in [4.69, 9.17) is 0 Å². The first-order valence-electron chi connectivity index (χ1n) is 4.53. The van der Waals surface area contributed by atoms with Crippen LogP contribution >= 0.6 is 0 Å². The summed E-state index contributed by atoms with van der Waals surface area (Å²) in [5, 5.41) is 0. The molecule has 0 saturated heterocycles. The highest BCUT2D eigenvalue weighted by Gasteiger charge is 1.62. The second-order valence-corrected chi connectivity index (χ2v) is 2.62. The molecule has 0 rings (SSSR count). The Balaban J connectivity index is -0.0000000389. The zero-order chi connectivity index (χ0) is 9.70. The van der Waals surface area contributed by atoms with Crippen molar-refractivity contribution in [2.75, 3.05) is 0 Å². The van der Waals surface area contributed by atoms with Crippen molar-refractivity contribution in [1.29, 1.82) is 0 Å². The smallest absolute Gasteiger partial charge is 0.126 e. The van der Waals surface area contributed by atoms with Crippen molar-refractivity contribution < 1.29 is 4.79 Å². The predicted octanol–water partition coefficient (Wildman–Crippen LogP) is 4.45. The molecular formula is C11H28O. The number of unbranched alkanes of at least 4 members (excludes halogenated alkanes) is 1. The van der Waals surface area contributed by atoms with Gasteiger partial charge in [-0.1, -0.05) is 54.4 Å². The molecule has 0 bridgehead atoms. The quantitative estimate of drug-likeness (QED) is 0.576. The minimum Gasteiger partial charge on any atom is -0.300 e. The Morgan fingerprint density at radius 3 is 1.00 bits per heavy atom. The zero-order valence-corrected chi connectivity index (χ0v) is 9.03. The van der Waals surface area contributed by atoms with Crippen molar-refractivity contribution in [3.63, 3.8) is 0 Å². The molecule has 0 radical (unpaired) electrons. The molecule has 0 aromatic rings. The third-order valence-electron chi connectivity index (χ3n) is 0.500. The molecule has 0 amide bonds. The third-order valence-corrected chi connectivity index (χ3v) is 0.500. The Morgan fingerprint density at radius 1 is 0.917 bits per heavy atom. The SMILES string of the molecule is C.CC(C)=O.CCC.CCCC. The Bertz CT molecular complexity index is 52.0. The highest BCUT2D eigenvalue weighted by molar-refractivity contribution is 5.72. The van der Waals surface area contributed by atoms with Crippen molar-refractivity contribution in [2.45, 2.75) is 68.2 Å². The Morgan fingerprint density at radius 2 is 1.00 bits per heavy atom. The second kappa shape index (κ2) is 31.0. The van der Waals surface area contributed by atoms with Crippen molar-refractivity contribution >= 4 is 5.78 Å². The van der Waals surface area contributed by atoms with Gasteiger partial charge >= 0.3 is 0 Å². The molecule has 0 aromatic carbocycles. The number of carbonyl (C=O) groups is 1. The maximum Gasteiger partial charge on any atom is 0.126 e. The van der Waals surface area contributed by atoms with Crippen LogP contribution in [0.15, 0.2) is 0 Å². The summed E-state index contributed by atoms with van der Waals surface area (Å²) in [4.78, 5) is 9.44. The maximum atomic E-state index is 9.44. The lowest BCUT2D eigenvalue weighted by Crippen LogP contribution is -1.69. The van der Waals surface area contributed by atoms with Crippen molar-refractivity contribution in [3.05, 3.63) is 0 Å². The van der Waals surface area contributed by atoms with Gasteiger partial charge in [-0.05, 0) is 13.8 Å². The molecule has 0 spiro atoms. The first-order chi connectivity index (χ1) is 5.06. The molecule has 12 heavy (non-hydrogen) atoms. The standard InChI is InChI=1S/C4H10.C3H6O.C3H8.CH4/c1-3-4-2;1-3(2)4;1-3-2;/h3-4H2,1-2H3;1-2H3;3H2,1-2H3;1H4. The molecule has 0 aromatic heterocycles. The van der Waals surface area contributed by atoms with Crippen LogP contribution in [0.3, 0.4) is 0 Å².